The standard InChI is InChI=1S/C21H17N3O2.ClH/c1-25-21-14-15(7-9-20(21)26-16-10-12-22-13-11-16)6-8-19-17-4-2-3-5-18(17)23-24-19;/h2-14H,1H3,(H,23,24);1H/b8-6+;. The number of aromatic amines is 1. The van der Waals surface area contributed by atoms with Crippen LogP contribution in [0.2, 0.25) is 0 Å². The minimum Gasteiger partial charge on any atom is -0.493 e. The van der Waals surface area contributed by atoms with Gasteiger partial charge in [0.2, 0.25) is 0 Å². The van der Waals surface area contributed by atoms with Gasteiger partial charge in [0.25, 0.3) is 0 Å². The lowest BCUT2D eigenvalue weighted by atomic mass is 10.1. The monoisotopic (exact) mass is 379 g/mol. The van der Waals surface area contributed by atoms with Crippen LogP contribution in [0.25, 0.3) is 23.1 Å². The summed E-state index contributed by atoms with van der Waals surface area (Å²) in [5.74, 6) is 2.03. The van der Waals surface area contributed by atoms with Crippen LogP contribution >= 0.6 is 12.4 Å². The van der Waals surface area contributed by atoms with Crippen LogP contribution in [0.5, 0.6) is 17.2 Å². The zero-order valence-corrected chi connectivity index (χ0v) is 15.4. The van der Waals surface area contributed by atoms with E-state index in [1.807, 2.05) is 54.6 Å². The number of hydrogen-bond donors (Lipinski definition) is 1. The van der Waals surface area contributed by atoms with Gasteiger partial charge < -0.3 is 9.47 Å². The van der Waals surface area contributed by atoms with Gasteiger partial charge in [0.15, 0.2) is 11.5 Å². The van der Waals surface area contributed by atoms with Crippen LogP contribution in [-0.4, -0.2) is 22.3 Å². The van der Waals surface area contributed by atoms with Gasteiger partial charge in [-0.1, -0.05) is 30.3 Å². The molecule has 4 rings (SSSR count). The number of hydrogen-bond acceptors (Lipinski definition) is 4. The zero-order valence-electron chi connectivity index (χ0n) is 14.6. The Morgan fingerprint density at radius 3 is 2.56 bits per heavy atom. The first-order valence-corrected chi connectivity index (χ1v) is 8.20. The van der Waals surface area contributed by atoms with E-state index < -0.39 is 0 Å². The molecule has 0 unspecified atom stereocenters. The largest absolute Gasteiger partial charge is 0.493 e. The van der Waals surface area contributed by atoms with Crippen molar-refractivity contribution < 1.29 is 9.47 Å². The molecule has 0 saturated heterocycles. The highest BCUT2D eigenvalue weighted by molar-refractivity contribution is 5.89. The smallest absolute Gasteiger partial charge is 0.169 e. The summed E-state index contributed by atoms with van der Waals surface area (Å²) < 4.78 is 11.3. The fourth-order valence-electron chi connectivity index (χ4n) is 2.69. The number of pyridine rings is 1. The Kier molecular flexibility index (Phi) is 5.74. The van der Waals surface area contributed by atoms with Crippen LogP contribution < -0.4 is 9.47 Å². The second kappa shape index (κ2) is 8.38. The van der Waals surface area contributed by atoms with Crippen molar-refractivity contribution in [3.8, 4) is 17.2 Å². The molecular formula is C21H18ClN3O2. The Morgan fingerprint density at radius 2 is 1.74 bits per heavy atom. The highest BCUT2D eigenvalue weighted by atomic mass is 35.5. The lowest BCUT2D eigenvalue weighted by molar-refractivity contribution is 0.378. The summed E-state index contributed by atoms with van der Waals surface area (Å²) >= 11 is 0. The molecule has 1 N–H and O–H groups in total. The highest BCUT2D eigenvalue weighted by Crippen LogP contribution is 2.32. The first-order chi connectivity index (χ1) is 12.8. The Balaban J connectivity index is 0.00000210. The van der Waals surface area contributed by atoms with Crippen molar-refractivity contribution in [1.29, 1.82) is 0 Å². The maximum atomic E-state index is 5.86. The van der Waals surface area contributed by atoms with Gasteiger partial charge in [0.05, 0.1) is 18.3 Å². The van der Waals surface area contributed by atoms with E-state index in [1.54, 1.807) is 31.6 Å². The first-order valence-electron chi connectivity index (χ1n) is 8.20. The van der Waals surface area contributed by atoms with E-state index in [1.165, 1.54) is 0 Å². The van der Waals surface area contributed by atoms with Crippen LogP contribution in [0, 0.1) is 0 Å². The van der Waals surface area contributed by atoms with E-state index in [4.69, 9.17) is 9.47 Å². The molecule has 4 aromatic rings. The molecule has 0 bridgehead atoms. The van der Waals surface area contributed by atoms with E-state index >= 15 is 0 Å². The predicted octanol–water partition coefficient (Wildman–Crippen LogP) is 5.35. The molecule has 2 aromatic heterocycles. The molecule has 0 saturated carbocycles. The van der Waals surface area contributed by atoms with Gasteiger partial charge in [-0.2, -0.15) is 5.10 Å². The number of H-pyrrole nitrogens is 1. The summed E-state index contributed by atoms with van der Waals surface area (Å²) in [6, 6.07) is 17.4. The molecule has 0 aliphatic rings. The van der Waals surface area contributed by atoms with E-state index in [0.717, 1.165) is 22.2 Å². The summed E-state index contributed by atoms with van der Waals surface area (Å²) in [6.45, 7) is 0. The van der Waals surface area contributed by atoms with Crippen LogP contribution in [-0.2, 0) is 0 Å². The fraction of sp³-hybridized carbons (Fsp3) is 0.0476. The van der Waals surface area contributed by atoms with E-state index in [0.29, 0.717) is 17.2 Å². The number of halogens is 1. The van der Waals surface area contributed by atoms with Crippen LogP contribution in [0.3, 0.4) is 0 Å². The minimum atomic E-state index is 0. The third-order valence-corrected chi connectivity index (χ3v) is 4.00. The van der Waals surface area contributed by atoms with Gasteiger partial charge in [-0.05, 0) is 42.0 Å². The quantitative estimate of drug-likeness (QED) is 0.507. The molecule has 136 valence electrons. The molecule has 0 fully saturated rings. The Labute approximate surface area is 163 Å². The SMILES string of the molecule is COc1cc(/C=C/c2n[nH]c3ccccc23)ccc1Oc1ccncc1.Cl. The third-order valence-electron chi connectivity index (χ3n) is 4.00. The Morgan fingerprint density at radius 1 is 0.926 bits per heavy atom. The minimum absolute atomic E-state index is 0. The van der Waals surface area contributed by atoms with Crippen LogP contribution in [0.1, 0.15) is 11.3 Å². The molecule has 0 aliphatic carbocycles. The summed E-state index contributed by atoms with van der Waals surface area (Å²) in [7, 11) is 1.63. The number of para-hydroxylation sites is 1. The average molecular weight is 380 g/mol. The van der Waals surface area contributed by atoms with Gasteiger partial charge >= 0.3 is 0 Å². The molecule has 5 nitrogen and oxygen atoms in total. The zero-order chi connectivity index (χ0) is 17.8. The second-order valence-electron chi connectivity index (χ2n) is 5.68. The number of methoxy groups -OCH3 is 1. The summed E-state index contributed by atoms with van der Waals surface area (Å²) in [5.41, 5.74) is 2.92. The molecule has 2 aromatic carbocycles. The molecule has 0 spiro atoms. The highest BCUT2D eigenvalue weighted by Gasteiger charge is 2.07. The molecular weight excluding hydrogens is 362 g/mol. The number of rotatable bonds is 5. The average Bonchev–Trinajstić information content (AvgIpc) is 3.11. The van der Waals surface area contributed by atoms with Crippen LogP contribution in [0.15, 0.2) is 67.0 Å². The van der Waals surface area contributed by atoms with Crippen molar-refractivity contribution in [2.75, 3.05) is 7.11 Å². The lowest BCUT2D eigenvalue weighted by Gasteiger charge is -2.10. The van der Waals surface area contributed by atoms with Crippen molar-refractivity contribution in [1.82, 2.24) is 15.2 Å². The topological polar surface area (TPSA) is 60.0 Å². The van der Waals surface area contributed by atoms with E-state index in [2.05, 4.69) is 15.2 Å². The molecule has 2 heterocycles. The third kappa shape index (κ3) is 4.10. The maximum Gasteiger partial charge on any atom is 0.169 e. The number of nitrogens with one attached hydrogen (secondary N) is 1. The first kappa shape index (κ1) is 18.5. The van der Waals surface area contributed by atoms with Gasteiger partial charge in [0.1, 0.15) is 5.75 Å². The molecule has 27 heavy (non-hydrogen) atoms. The van der Waals surface area contributed by atoms with E-state index in [-0.39, 0.29) is 12.4 Å². The van der Waals surface area contributed by atoms with Gasteiger partial charge in [-0.15, -0.1) is 12.4 Å². The number of aromatic nitrogens is 3. The van der Waals surface area contributed by atoms with Crippen molar-refractivity contribution >= 4 is 35.5 Å². The second-order valence-corrected chi connectivity index (χ2v) is 5.68. The molecule has 0 atom stereocenters. The number of benzene rings is 2. The summed E-state index contributed by atoms with van der Waals surface area (Å²) in [6.07, 6.45) is 7.36. The molecule has 0 aliphatic heterocycles. The summed E-state index contributed by atoms with van der Waals surface area (Å²) in [4.78, 5) is 3.99. The fourth-order valence-corrected chi connectivity index (χ4v) is 2.69. The van der Waals surface area contributed by atoms with Crippen molar-refractivity contribution in [3.05, 3.63) is 78.2 Å². The lowest BCUT2D eigenvalue weighted by Crippen LogP contribution is -1.91. The number of fused-ring (bicyclic) bond motifs is 1. The normalized spacial score (nSPS) is 10.7. The molecule has 0 amide bonds. The molecule has 0 radical (unpaired) electrons. The van der Waals surface area contributed by atoms with Gasteiger partial charge in [0, 0.05) is 17.8 Å². The van der Waals surface area contributed by atoms with Crippen molar-refractivity contribution in [2.45, 2.75) is 0 Å². The molecule has 6 heteroatoms. The Hall–Kier alpha value is -3.31. The van der Waals surface area contributed by atoms with Gasteiger partial charge in [-0.3, -0.25) is 10.1 Å². The predicted molar refractivity (Wildman–Crippen MR) is 110 cm³/mol. The van der Waals surface area contributed by atoms with Crippen molar-refractivity contribution in [3.63, 3.8) is 0 Å². The maximum absolute atomic E-state index is 5.86. The summed E-state index contributed by atoms with van der Waals surface area (Å²) in [5, 5.41) is 8.48. The van der Waals surface area contributed by atoms with Crippen molar-refractivity contribution in [2.24, 2.45) is 0 Å². The Bertz CT molecular complexity index is 1060. The number of nitrogens with zero attached hydrogens (tertiary/aromatic N) is 2. The van der Waals surface area contributed by atoms with E-state index in [9.17, 15) is 0 Å². The van der Waals surface area contributed by atoms with Gasteiger partial charge in [-0.25, -0.2) is 0 Å². The van der Waals surface area contributed by atoms with Crippen LogP contribution in [0.4, 0.5) is 0 Å². The number of ether oxygens (including phenoxy) is 2.